The fourth-order valence-electron chi connectivity index (χ4n) is 3.58. The number of para-hydroxylation sites is 2. The number of amides is 2. The molecule has 1 saturated heterocycles. The number of hydrogen-bond donors (Lipinski definition) is 2. The summed E-state index contributed by atoms with van der Waals surface area (Å²) in [5.41, 5.74) is 1.77. The van der Waals surface area contributed by atoms with Crippen LogP contribution in [0.15, 0.2) is 48.5 Å². The van der Waals surface area contributed by atoms with Crippen molar-refractivity contribution < 1.29 is 19.2 Å². The van der Waals surface area contributed by atoms with E-state index >= 15 is 0 Å². The van der Waals surface area contributed by atoms with Gasteiger partial charge in [0.25, 0.3) is 5.69 Å². The summed E-state index contributed by atoms with van der Waals surface area (Å²) < 4.78 is 5.11. The van der Waals surface area contributed by atoms with Crippen molar-refractivity contribution in [2.45, 2.75) is 26.7 Å². The molecule has 2 N–H and O–H groups in total. The van der Waals surface area contributed by atoms with Crippen LogP contribution in [0.5, 0.6) is 0 Å². The molecule has 2 amide bonds. The highest BCUT2D eigenvalue weighted by Crippen LogP contribution is 2.31. The minimum Gasteiger partial charge on any atom is -0.449 e. The van der Waals surface area contributed by atoms with Crippen molar-refractivity contribution in [3.63, 3.8) is 0 Å². The van der Waals surface area contributed by atoms with Crippen molar-refractivity contribution >= 4 is 34.7 Å². The molecule has 0 atom stereocenters. The normalized spacial score (nSPS) is 14.2. The monoisotopic (exact) mass is 440 g/mol. The molecule has 1 aliphatic rings. The zero-order valence-electron chi connectivity index (χ0n) is 18.2. The molecule has 170 valence electrons. The van der Waals surface area contributed by atoms with E-state index in [-0.39, 0.29) is 28.4 Å². The van der Waals surface area contributed by atoms with Gasteiger partial charge >= 0.3 is 6.09 Å². The fraction of sp³-hybridized carbons (Fsp3) is 0.391. The van der Waals surface area contributed by atoms with E-state index in [4.69, 9.17) is 4.74 Å². The molecule has 1 aliphatic heterocycles. The van der Waals surface area contributed by atoms with E-state index in [9.17, 15) is 19.7 Å². The van der Waals surface area contributed by atoms with Gasteiger partial charge in [-0.25, -0.2) is 4.79 Å². The number of anilines is 3. The number of ether oxygens (including phenoxy) is 1. The Bertz CT molecular complexity index is 970. The Kier molecular flexibility index (Phi) is 7.64. The number of nitrogens with zero attached hydrogens (tertiary/aromatic N) is 2. The van der Waals surface area contributed by atoms with Crippen molar-refractivity contribution in [2.75, 3.05) is 35.2 Å². The lowest BCUT2D eigenvalue weighted by atomic mass is 9.95. The lowest BCUT2D eigenvalue weighted by Gasteiger charge is -2.32. The summed E-state index contributed by atoms with van der Waals surface area (Å²) in [5, 5.41) is 16.8. The summed E-state index contributed by atoms with van der Waals surface area (Å²) in [6.07, 6.45) is 0.652. The van der Waals surface area contributed by atoms with Crippen LogP contribution in [0, 0.1) is 22.0 Å². The van der Waals surface area contributed by atoms with Crippen molar-refractivity contribution in [2.24, 2.45) is 11.8 Å². The Morgan fingerprint density at radius 3 is 2.41 bits per heavy atom. The van der Waals surface area contributed by atoms with E-state index in [1.54, 1.807) is 42.5 Å². The number of piperidine rings is 1. The van der Waals surface area contributed by atoms with Crippen LogP contribution in [0.4, 0.5) is 27.5 Å². The second kappa shape index (κ2) is 10.6. The van der Waals surface area contributed by atoms with Crippen molar-refractivity contribution in [3.05, 3.63) is 58.6 Å². The van der Waals surface area contributed by atoms with E-state index < -0.39 is 6.09 Å². The van der Waals surface area contributed by atoms with E-state index in [1.807, 2.05) is 18.7 Å². The van der Waals surface area contributed by atoms with E-state index in [1.165, 1.54) is 6.07 Å². The van der Waals surface area contributed by atoms with Crippen LogP contribution < -0.4 is 15.5 Å². The second-order valence-corrected chi connectivity index (χ2v) is 8.19. The lowest BCUT2D eigenvalue weighted by Crippen LogP contribution is -2.38. The lowest BCUT2D eigenvalue weighted by molar-refractivity contribution is -0.384. The molecule has 0 aliphatic carbocycles. The van der Waals surface area contributed by atoms with E-state index in [2.05, 4.69) is 10.6 Å². The topological polar surface area (TPSA) is 114 Å². The molecule has 9 nitrogen and oxygen atoms in total. The van der Waals surface area contributed by atoms with E-state index in [0.29, 0.717) is 49.6 Å². The molecule has 0 radical (unpaired) electrons. The third-order valence-corrected chi connectivity index (χ3v) is 5.21. The summed E-state index contributed by atoms with van der Waals surface area (Å²) in [7, 11) is 0. The van der Waals surface area contributed by atoms with Crippen molar-refractivity contribution in [1.82, 2.24) is 0 Å². The van der Waals surface area contributed by atoms with Crippen LogP contribution in [0.2, 0.25) is 0 Å². The Morgan fingerprint density at radius 1 is 1.09 bits per heavy atom. The molecule has 0 unspecified atom stereocenters. The van der Waals surface area contributed by atoms with Gasteiger partial charge in [0.2, 0.25) is 5.91 Å². The van der Waals surface area contributed by atoms with Crippen LogP contribution in [0.3, 0.4) is 0 Å². The number of benzene rings is 2. The summed E-state index contributed by atoms with van der Waals surface area (Å²) in [6, 6.07) is 13.6. The molecule has 0 aromatic heterocycles. The average molecular weight is 441 g/mol. The SMILES string of the molecule is CC(C)COC(=O)Nc1cccc(NC(=O)C2CCN(c3ccccc3[N+](=O)[O-])CC2)c1. The van der Waals surface area contributed by atoms with E-state index in [0.717, 1.165) is 0 Å². The highest BCUT2D eigenvalue weighted by atomic mass is 16.6. The molecule has 0 spiro atoms. The maximum absolute atomic E-state index is 12.7. The van der Waals surface area contributed by atoms with Gasteiger partial charge in [-0.1, -0.05) is 32.0 Å². The Labute approximate surface area is 186 Å². The number of nitro benzene ring substituents is 1. The smallest absolute Gasteiger partial charge is 0.411 e. The molecular formula is C23H28N4O5. The first-order valence-electron chi connectivity index (χ1n) is 10.7. The van der Waals surface area contributed by atoms with Gasteiger partial charge in [-0.05, 0) is 43.0 Å². The van der Waals surface area contributed by atoms with Gasteiger partial charge in [-0.3, -0.25) is 20.2 Å². The van der Waals surface area contributed by atoms with Crippen LogP contribution in [-0.2, 0) is 9.53 Å². The summed E-state index contributed by atoms with van der Waals surface area (Å²) in [6.45, 7) is 5.36. The predicted molar refractivity (Wildman–Crippen MR) is 123 cm³/mol. The van der Waals surface area contributed by atoms with Crippen LogP contribution in [0.1, 0.15) is 26.7 Å². The minimum atomic E-state index is -0.537. The predicted octanol–water partition coefficient (Wildman–Crippen LogP) is 4.65. The largest absolute Gasteiger partial charge is 0.449 e. The van der Waals surface area contributed by atoms with Crippen molar-refractivity contribution in [3.8, 4) is 0 Å². The Hall–Kier alpha value is -3.62. The highest BCUT2D eigenvalue weighted by Gasteiger charge is 2.28. The average Bonchev–Trinajstić information content (AvgIpc) is 2.78. The maximum atomic E-state index is 12.7. The highest BCUT2D eigenvalue weighted by molar-refractivity contribution is 5.94. The first-order chi connectivity index (χ1) is 15.3. The molecule has 9 heteroatoms. The molecule has 0 saturated carbocycles. The zero-order chi connectivity index (χ0) is 23.1. The molecular weight excluding hydrogens is 412 g/mol. The molecule has 0 bridgehead atoms. The number of carbonyl (C=O) groups is 2. The first-order valence-corrected chi connectivity index (χ1v) is 10.7. The molecule has 3 rings (SSSR count). The fourth-order valence-corrected chi connectivity index (χ4v) is 3.58. The molecule has 2 aromatic carbocycles. The van der Waals surface area contributed by atoms with Gasteiger partial charge in [0.05, 0.1) is 11.5 Å². The first kappa shape index (κ1) is 23.1. The number of carbonyl (C=O) groups excluding carboxylic acids is 2. The molecule has 2 aromatic rings. The third-order valence-electron chi connectivity index (χ3n) is 5.21. The van der Waals surface area contributed by atoms with Gasteiger partial charge in [-0.15, -0.1) is 0 Å². The molecule has 1 fully saturated rings. The minimum absolute atomic E-state index is 0.0756. The van der Waals surface area contributed by atoms with Crippen molar-refractivity contribution in [1.29, 1.82) is 0 Å². The van der Waals surface area contributed by atoms with Gasteiger partial charge in [-0.2, -0.15) is 0 Å². The quantitative estimate of drug-likeness (QED) is 0.478. The Balaban J connectivity index is 1.54. The summed E-state index contributed by atoms with van der Waals surface area (Å²) in [5.74, 6) is -0.0563. The third kappa shape index (κ3) is 6.19. The second-order valence-electron chi connectivity index (χ2n) is 8.19. The number of hydrogen-bond acceptors (Lipinski definition) is 6. The van der Waals surface area contributed by atoms with Gasteiger partial charge in [0.1, 0.15) is 5.69 Å². The number of nitro groups is 1. The summed E-state index contributed by atoms with van der Waals surface area (Å²) >= 11 is 0. The number of nitrogens with one attached hydrogen (secondary N) is 2. The maximum Gasteiger partial charge on any atom is 0.411 e. The van der Waals surface area contributed by atoms with Crippen LogP contribution in [-0.4, -0.2) is 36.6 Å². The van der Waals surface area contributed by atoms with Gasteiger partial charge < -0.3 is 15.0 Å². The molecule has 32 heavy (non-hydrogen) atoms. The van der Waals surface area contributed by atoms with Crippen LogP contribution in [0.25, 0.3) is 0 Å². The van der Waals surface area contributed by atoms with Gasteiger partial charge in [0, 0.05) is 36.4 Å². The summed E-state index contributed by atoms with van der Waals surface area (Å²) in [4.78, 5) is 37.4. The van der Waals surface area contributed by atoms with Crippen LogP contribution >= 0.6 is 0 Å². The van der Waals surface area contributed by atoms with Gasteiger partial charge in [0.15, 0.2) is 0 Å². The molecule has 1 heterocycles. The zero-order valence-corrected chi connectivity index (χ0v) is 18.2. The Morgan fingerprint density at radius 2 is 1.75 bits per heavy atom. The number of rotatable bonds is 7. The standard InChI is InChI=1S/C23H28N4O5/c1-16(2)15-32-23(29)25-19-7-5-6-18(14-19)24-22(28)17-10-12-26(13-11-17)20-8-3-4-9-21(20)27(30)31/h3-9,14,16-17H,10-13,15H2,1-2H3,(H,24,28)(H,25,29).